The van der Waals surface area contributed by atoms with E-state index in [1.807, 2.05) is 0 Å². The zero-order valence-electron chi connectivity index (χ0n) is 9.86. The van der Waals surface area contributed by atoms with Gasteiger partial charge in [0.2, 0.25) is 0 Å². The Bertz CT molecular complexity index is 64.1. The van der Waals surface area contributed by atoms with Crippen LogP contribution in [-0.2, 0) is 4.57 Å². The fourth-order valence-corrected chi connectivity index (χ4v) is 0. The van der Waals surface area contributed by atoms with Gasteiger partial charge in [-0.05, 0) is 0 Å². The van der Waals surface area contributed by atoms with Crippen molar-refractivity contribution in [1.82, 2.24) is 0 Å². The van der Waals surface area contributed by atoms with Crippen molar-refractivity contribution in [2.75, 3.05) is 0 Å². The third-order valence-electron chi connectivity index (χ3n) is 0. The van der Waals surface area contributed by atoms with E-state index in [1.54, 1.807) is 0 Å². The summed E-state index contributed by atoms with van der Waals surface area (Å²) in [5, 5.41) is 0. The first-order valence-corrected chi connectivity index (χ1v) is 2.19. The fraction of sp³-hybridized carbons (Fsp3) is 0. The second-order valence-electron chi connectivity index (χ2n) is 0.447. The van der Waals surface area contributed by atoms with Crippen LogP contribution in [0.2, 0.25) is 0 Å². The Balaban J connectivity index is -0.00000000145. The molecule has 0 aromatic carbocycles. The Kier molecular flexibility index (Phi) is 277. The Hall–Kier alpha value is 14.0. The molecule has 0 saturated heterocycles. The summed E-state index contributed by atoms with van der Waals surface area (Å²) in [6, 6.07) is 0. The van der Waals surface area contributed by atoms with E-state index in [0.717, 1.165) is 0 Å². The molecule has 0 aromatic heterocycles. The zero-order valence-corrected chi connectivity index (χ0v) is 35.0. The van der Waals surface area contributed by atoms with Crippen LogP contribution >= 0.6 is 7.82 Å². The van der Waals surface area contributed by atoms with Crippen molar-refractivity contribution < 1.29 is 19.2 Å². The van der Waals surface area contributed by atoms with Crippen molar-refractivity contribution in [1.29, 1.82) is 0 Å². The van der Waals surface area contributed by atoms with Crippen LogP contribution in [-0.4, -0.2) is 415 Å². The first kappa shape index (κ1) is 77.9. The van der Waals surface area contributed by atoms with Gasteiger partial charge in [0.05, 0.1) is 0 Å². The van der Waals surface area contributed by atoms with Gasteiger partial charge in [-0.3, -0.25) is 0 Å². The molecule has 0 aliphatic rings. The molecule has 0 rings (SSSR count). The van der Waals surface area contributed by atoms with Crippen LogP contribution in [0.3, 0.4) is 0 Å². The summed E-state index contributed by atoms with van der Waals surface area (Å²) < 4.78 is 8.55. The van der Waals surface area contributed by atoms with Crippen molar-refractivity contribution >= 4 is 423 Å². The van der Waals surface area contributed by atoms with Crippen LogP contribution in [0.5, 0.6) is 0 Å². The second-order valence-corrected chi connectivity index (χ2v) is 1.34. The molecule has 0 radical (unpaired) electrons. The Labute approximate surface area is 426 Å². The second kappa shape index (κ2) is 56.8. The smallest absolute Gasteiger partial charge is 0.822 e. The summed E-state index contributed by atoms with van der Waals surface area (Å²) in [5.74, 6) is 0. The van der Waals surface area contributed by atoms with Crippen molar-refractivity contribution in [3.63, 3.8) is 0 Å². The van der Waals surface area contributed by atoms with Gasteiger partial charge in [0.25, 0.3) is 0 Å². The number of hydrogen-bond donors (Lipinski definition) is 0. The van der Waals surface area contributed by atoms with E-state index in [4.69, 9.17) is 19.2 Å². The van der Waals surface area contributed by atoms with Crippen molar-refractivity contribution in [3.05, 3.63) is 0 Å². The molecule has 0 atom stereocenters. The van der Waals surface area contributed by atoms with E-state index in [9.17, 15) is 0 Å². The first-order valence-electron chi connectivity index (χ1n) is 0.730. The normalized spacial score (nSPS) is 3.69. The van der Waals surface area contributed by atoms with Gasteiger partial charge in [0, 0.05) is 0 Å². The quantitative estimate of drug-likeness (QED) is 0.228. The van der Waals surface area contributed by atoms with Gasteiger partial charge in [-0.2, -0.15) is 7.82 Å². The van der Waals surface area contributed by atoms with Gasteiger partial charge >= 0.3 is 415 Å². The zero-order chi connectivity index (χ0) is 4.50. The molecule has 32 valence electrons. The summed E-state index contributed by atoms with van der Waals surface area (Å²) in [7, 11) is -5.39. The first-order chi connectivity index (χ1) is 2.00. The van der Waals surface area contributed by atoms with Crippen LogP contribution in [0.4, 0.5) is 0 Å². The van der Waals surface area contributed by atoms with E-state index in [0.29, 0.717) is 0 Å². The molecule has 0 saturated carbocycles. The monoisotopic (exact) mass is 535 g/mol. The summed E-state index contributed by atoms with van der Waals surface area (Å²) in [4.78, 5) is 25.6. The van der Waals surface area contributed by atoms with E-state index in [1.165, 1.54) is 0 Å². The summed E-state index contributed by atoms with van der Waals surface area (Å²) >= 11 is 0. The van der Waals surface area contributed by atoms with Crippen LogP contribution in [0.15, 0.2) is 0 Å². The Morgan fingerprint density at radius 3 is 0.438 bits per heavy atom. The number of rotatable bonds is 0. The maximum absolute atomic E-state index is 8.55. The topological polar surface area (TPSA) is 86.2 Å². The molecule has 0 N–H and O–H groups in total. The van der Waals surface area contributed by atoms with Crippen molar-refractivity contribution in [2.24, 2.45) is 0 Å². The van der Waals surface area contributed by atoms with E-state index in [-0.39, 0.29) is 415 Å². The minimum atomic E-state index is -5.39. The molecular formula is Ca11O4P+19. The van der Waals surface area contributed by atoms with Gasteiger partial charge in [-0.25, -0.2) is 0 Å². The van der Waals surface area contributed by atoms with E-state index in [2.05, 4.69) is 0 Å². The fourth-order valence-electron chi connectivity index (χ4n) is 0. The molecule has 16 heavy (non-hydrogen) atoms. The largest absolute Gasteiger partial charge is 2.00 e. The molecule has 4 nitrogen and oxygen atoms in total. The van der Waals surface area contributed by atoms with Gasteiger partial charge in [0.1, 0.15) is 0 Å². The Morgan fingerprint density at radius 1 is 0.438 bits per heavy atom. The molecule has 0 fully saturated rings. The average Bonchev–Trinajstić information content (AvgIpc) is 0.722. The minimum Gasteiger partial charge on any atom is -0.822 e. The van der Waals surface area contributed by atoms with Gasteiger partial charge in [-0.1, -0.05) is 0 Å². The minimum absolute atomic E-state index is 0. The SMILES string of the molecule is O=P([O-])([O-])[O-].[Ca+2].[Ca+2].[Ca+2].[Ca+2].[Ca+2].[Ca+2].[Ca+2].[Ca+2].[Ca+2].[Ca+2].[Ca+2]. The average molecular weight is 536 g/mol. The molecule has 16 heteroatoms. The van der Waals surface area contributed by atoms with Crippen molar-refractivity contribution in [2.45, 2.75) is 0 Å². The summed E-state index contributed by atoms with van der Waals surface area (Å²) in [5.41, 5.74) is 0. The molecule has 0 spiro atoms. The molecule has 0 aliphatic carbocycles. The van der Waals surface area contributed by atoms with Crippen LogP contribution < -0.4 is 14.7 Å². The Morgan fingerprint density at radius 2 is 0.438 bits per heavy atom. The molecule has 0 amide bonds. The number of phosphoric acid groups is 1. The van der Waals surface area contributed by atoms with Crippen molar-refractivity contribution in [3.8, 4) is 0 Å². The molecule has 0 aliphatic heterocycles. The summed E-state index contributed by atoms with van der Waals surface area (Å²) in [6.45, 7) is 0. The molecule has 0 aromatic rings. The molecule has 0 bridgehead atoms. The summed E-state index contributed by atoms with van der Waals surface area (Å²) in [6.07, 6.45) is 0. The van der Waals surface area contributed by atoms with Gasteiger partial charge in [-0.15, -0.1) is 0 Å². The van der Waals surface area contributed by atoms with Crippen LogP contribution in [0.25, 0.3) is 0 Å². The molecule has 0 heterocycles. The van der Waals surface area contributed by atoms with E-state index < -0.39 is 7.82 Å². The number of hydrogen-bond acceptors (Lipinski definition) is 4. The third kappa shape index (κ3) is 104. The predicted molar refractivity (Wildman–Crippen MR) is 70.9 cm³/mol. The molecule has 0 unspecified atom stereocenters. The maximum Gasteiger partial charge on any atom is 2.00 e. The maximum atomic E-state index is 8.55. The third-order valence-corrected chi connectivity index (χ3v) is 0. The van der Waals surface area contributed by atoms with E-state index >= 15 is 0 Å². The van der Waals surface area contributed by atoms with Crippen LogP contribution in [0.1, 0.15) is 0 Å². The van der Waals surface area contributed by atoms with Crippen LogP contribution in [0, 0.1) is 0 Å². The van der Waals surface area contributed by atoms with Gasteiger partial charge in [0.15, 0.2) is 0 Å². The predicted octanol–water partition coefficient (Wildman–Crippen LogP) is -7.01. The molecular weight excluding hydrogens is 536 g/mol. The van der Waals surface area contributed by atoms with Gasteiger partial charge < -0.3 is 19.2 Å². The standard InChI is InChI=1S/11Ca.H3O4P/c;;;;;;;;;;;1-5(2,3)4/h;;;;;;;;;;;(H3,1,2,3,4)/q11*+2;/p-3.